The van der Waals surface area contributed by atoms with E-state index < -0.39 is 33.7 Å². The minimum atomic E-state index is -0.479. The third-order valence-electron chi connectivity index (χ3n) is 13.3. The molecule has 0 heterocycles. The summed E-state index contributed by atoms with van der Waals surface area (Å²) in [5.74, 6) is 0.236. The molecule has 0 saturated heterocycles. The predicted molar refractivity (Wildman–Crippen MR) is 330 cm³/mol. The molecular weight excluding hydrogens is 1400 g/mol. The molecule has 0 spiro atoms. The highest BCUT2D eigenvalue weighted by Crippen LogP contribution is 2.53. The Bertz CT molecular complexity index is 3250. The van der Waals surface area contributed by atoms with Gasteiger partial charge in [0, 0.05) is 58.8 Å². The number of allylic oxidation sites excluding steroid dienone is 6. The summed E-state index contributed by atoms with van der Waals surface area (Å²) in [6.45, 7) is 16.1. The zero-order valence-corrected chi connectivity index (χ0v) is 52.0. The summed E-state index contributed by atoms with van der Waals surface area (Å²) < 4.78 is 15.4. The Morgan fingerprint density at radius 2 is 0.932 bits per heavy atom. The summed E-state index contributed by atoms with van der Waals surface area (Å²) in [4.78, 5) is 61.1. The van der Waals surface area contributed by atoms with Gasteiger partial charge in [0.15, 0.2) is 19.6 Å². The summed E-state index contributed by atoms with van der Waals surface area (Å²) >= 11 is 8.70. The first-order valence-corrected chi connectivity index (χ1v) is 30.4. The lowest BCUT2D eigenvalue weighted by atomic mass is 9.70. The van der Waals surface area contributed by atoms with Crippen LogP contribution in [-0.4, -0.2) is 30.8 Å². The first-order valence-electron chi connectivity index (χ1n) is 23.7. The lowest BCUT2D eigenvalue weighted by Crippen LogP contribution is -2.32. The number of nitrogens with zero attached hydrogens (tertiary/aromatic N) is 1. The lowest BCUT2D eigenvalue weighted by molar-refractivity contribution is -0.116. The van der Waals surface area contributed by atoms with Crippen molar-refractivity contribution in [1.29, 1.82) is 0 Å². The standard InChI is InChI=1S/C59H53I4N2O6S2/c1-32-28-50(72(42-16-12-10-13-17-42)44-24-20-40(21-25-44)70-58(68)54-36(5)56(64-38(7)66)48(62)30-46(54)60)34(3)53-35(4)51(29-33(2)52(32)53)73(43-18-14-11-15-19-43)45-26-22-41(23-27-45)71-59(69)55-37(6)57(65(9)39(8)67)49(63)31-47(55)61/h10-35H,1-9H3/q+1/p+1. The average Bonchev–Trinajstić information content (AvgIpc) is 3.34. The molecule has 73 heavy (non-hydrogen) atoms. The smallest absolute Gasteiger partial charge is 0.344 e. The zero-order chi connectivity index (χ0) is 52.6. The van der Waals surface area contributed by atoms with Gasteiger partial charge in [0.2, 0.25) is 11.8 Å². The van der Waals surface area contributed by atoms with E-state index >= 15 is 0 Å². The van der Waals surface area contributed by atoms with Crippen molar-refractivity contribution in [3.8, 4) is 11.5 Å². The van der Waals surface area contributed by atoms with Crippen molar-refractivity contribution in [3.05, 3.63) is 191 Å². The van der Waals surface area contributed by atoms with Crippen LogP contribution < -0.4 is 19.7 Å². The molecule has 2 amide bonds. The van der Waals surface area contributed by atoms with E-state index in [-0.39, 0.29) is 35.5 Å². The van der Waals surface area contributed by atoms with Gasteiger partial charge in [-0.3, -0.25) is 9.59 Å². The van der Waals surface area contributed by atoms with Crippen LogP contribution in [0.4, 0.5) is 11.4 Å². The molecule has 6 unspecified atom stereocenters. The van der Waals surface area contributed by atoms with Crippen molar-refractivity contribution in [2.75, 3.05) is 17.3 Å². The summed E-state index contributed by atoms with van der Waals surface area (Å²) in [7, 11) is 0.790. The van der Waals surface area contributed by atoms with Crippen molar-refractivity contribution in [2.45, 2.75) is 75.0 Å². The van der Waals surface area contributed by atoms with Crippen molar-refractivity contribution >= 4 is 147 Å². The fourth-order valence-corrected chi connectivity index (χ4v) is 19.9. The predicted octanol–water partition coefficient (Wildman–Crippen LogP) is 15.5. The Balaban J connectivity index is 1.09. The van der Waals surface area contributed by atoms with Crippen LogP contribution in [-0.2, 0) is 31.4 Å². The van der Waals surface area contributed by atoms with Crippen molar-refractivity contribution in [1.82, 2.24) is 0 Å². The molecule has 0 bridgehead atoms. The molecule has 6 aromatic carbocycles. The van der Waals surface area contributed by atoms with Gasteiger partial charge in [0.1, 0.15) is 21.3 Å². The molecule has 0 fully saturated rings. The van der Waals surface area contributed by atoms with Gasteiger partial charge in [0.05, 0.1) is 44.3 Å². The summed E-state index contributed by atoms with van der Waals surface area (Å²) in [6, 6.07) is 41.1. The number of esters is 2. The van der Waals surface area contributed by atoms with E-state index in [1.807, 2.05) is 50.2 Å². The quantitative estimate of drug-likeness (QED) is 0.0431. The van der Waals surface area contributed by atoms with E-state index in [2.05, 4.69) is 220 Å². The van der Waals surface area contributed by atoms with Crippen LogP contribution >= 0.6 is 90.4 Å². The van der Waals surface area contributed by atoms with Gasteiger partial charge >= 0.3 is 11.9 Å². The van der Waals surface area contributed by atoms with Crippen LogP contribution in [0.3, 0.4) is 0 Å². The van der Waals surface area contributed by atoms with E-state index in [0.29, 0.717) is 45.1 Å². The fourth-order valence-electron chi connectivity index (χ4n) is 9.97. The minimum Gasteiger partial charge on any atom is -0.423 e. The zero-order valence-electron chi connectivity index (χ0n) is 41.7. The minimum absolute atomic E-state index is 0.114. The molecule has 6 atom stereocenters. The average molecular weight is 1460 g/mol. The topological polar surface area (TPSA) is 102 Å². The summed E-state index contributed by atoms with van der Waals surface area (Å²) in [6.07, 6.45) is 5.00. The number of rotatable bonds is 12. The molecule has 1 N–H and O–H groups in total. The number of carbonyl (C=O) groups excluding carboxylic acids is 4. The molecule has 8 nitrogen and oxygen atoms in total. The molecule has 2 aliphatic carbocycles. The normalized spacial score (nSPS) is 18.2. The lowest BCUT2D eigenvalue weighted by Gasteiger charge is -2.38. The van der Waals surface area contributed by atoms with Crippen LogP contribution in [0.25, 0.3) is 0 Å². The fraction of sp³-hybridized carbons (Fsp3) is 0.220. The molecule has 14 heteroatoms. The Kier molecular flexibility index (Phi) is 17.8. The largest absolute Gasteiger partial charge is 0.423 e. The van der Waals surface area contributed by atoms with Crippen LogP contribution in [0, 0.1) is 51.8 Å². The van der Waals surface area contributed by atoms with Crippen LogP contribution in [0.1, 0.15) is 73.4 Å². The number of carbonyl (C=O) groups is 4. The van der Waals surface area contributed by atoms with Gasteiger partial charge in [-0.05, 0) is 218 Å². The van der Waals surface area contributed by atoms with Crippen LogP contribution in [0.5, 0.6) is 11.5 Å². The molecular formula is C59H54I4N2O6S2+2. The van der Waals surface area contributed by atoms with Gasteiger partial charge < -0.3 is 19.7 Å². The van der Waals surface area contributed by atoms with E-state index in [1.54, 1.807) is 11.9 Å². The monoisotopic (exact) mass is 1460 g/mol. The Labute approximate surface area is 488 Å². The second-order valence-electron chi connectivity index (χ2n) is 18.2. The van der Waals surface area contributed by atoms with Crippen molar-refractivity contribution in [2.24, 2.45) is 23.7 Å². The number of ether oxygens (including phenoxy) is 2. The van der Waals surface area contributed by atoms with Crippen LogP contribution in [0.2, 0.25) is 0 Å². The molecule has 0 saturated carbocycles. The van der Waals surface area contributed by atoms with Gasteiger partial charge in [-0.15, -0.1) is 0 Å². The first kappa shape index (κ1) is 55.3. The highest BCUT2D eigenvalue weighted by molar-refractivity contribution is 14.1. The molecule has 0 aromatic heterocycles. The van der Waals surface area contributed by atoms with Crippen LogP contribution in [0.15, 0.2) is 174 Å². The molecule has 8 rings (SSSR count). The number of anilines is 2. The van der Waals surface area contributed by atoms with E-state index in [4.69, 9.17) is 9.47 Å². The maximum Gasteiger partial charge on any atom is 0.344 e. The highest BCUT2D eigenvalue weighted by Gasteiger charge is 2.48. The number of benzene rings is 6. The molecule has 2 aliphatic rings. The molecule has 0 radical (unpaired) electrons. The highest BCUT2D eigenvalue weighted by atomic mass is 127. The Hall–Kier alpha value is -3.96. The van der Waals surface area contributed by atoms with E-state index in [1.165, 1.54) is 44.6 Å². The van der Waals surface area contributed by atoms with Gasteiger partial charge in [-0.25, -0.2) is 9.59 Å². The maximum absolute atomic E-state index is 13.9. The van der Waals surface area contributed by atoms with E-state index in [9.17, 15) is 19.2 Å². The summed E-state index contributed by atoms with van der Waals surface area (Å²) in [5, 5.41) is 2.88. The van der Waals surface area contributed by atoms with E-state index in [0.717, 1.165) is 24.1 Å². The maximum atomic E-state index is 13.9. The molecule has 0 aliphatic heterocycles. The van der Waals surface area contributed by atoms with Gasteiger partial charge in [0.25, 0.3) is 0 Å². The molecule has 6 aromatic rings. The second kappa shape index (κ2) is 23.5. The number of amides is 2. The third-order valence-corrected chi connectivity index (χ3v) is 21.6. The Morgan fingerprint density at radius 1 is 0.534 bits per heavy atom. The van der Waals surface area contributed by atoms with Gasteiger partial charge in [-0.1, -0.05) is 69.7 Å². The summed E-state index contributed by atoms with van der Waals surface area (Å²) in [5.41, 5.74) is 6.48. The number of halogens is 4. The Morgan fingerprint density at radius 3 is 1.34 bits per heavy atom. The first-order chi connectivity index (χ1) is 34.8. The molecule has 374 valence electrons. The SMILES string of the molecule is CC(=O)Nc1c(I)cc(I)c(C(=O)Oc2ccc([S+](C3=CC(C)C4=C(C3C)C(C)C([S+](c3ccccc3)c3ccc(OC(=O)c5c(I)cc(I)c(N(C)C(C)=O)c5C)cc3)=CC4C)c3ccccc3)cc2)c1C. The third kappa shape index (κ3) is 11.6. The number of hydrogen-bond donors (Lipinski definition) is 1. The number of nitrogens with one attached hydrogen (secondary N) is 1. The number of hydrogen-bond acceptors (Lipinski definition) is 6. The van der Waals surface area contributed by atoms with Crippen molar-refractivity contribution in [3.63, 3.8) is 0 Å². The van der Waals surface area contributed by atoms with Gasteiger partial charge in [-0.2, -0.15) is 0 Å². The second-order valence-corrected chi connectivity index (χ2v) is 26.9. The van der Waals surface area contributed by atoms with Crippen molar-refractivity contribution < 1.29 is 28.7 Å².